The van der Waals surface area contributed by atoms with Crippen molar-refractivity contribution in [2.24, 2.45) is 0 Å². The van der Waals surface area contributed by atoms with E-state index < -0.39 is 0 Å². The molecule has 1 aliphatic rings. The van der Waals surface area contributed by atoms with Crippen LogP contribution in [0, 0.1) is 0 Å². The molecule has 0 bridgehead atoms. The van der Waals surface area contributed by atoms with Crippen molar-refractivity contribution in [3.05, 3.63) is 12.3 Å². The molecule has 0 spiro atoms. The number of amides is 2. The molecule has 0 saturated heterocycles. The largest absolute Gasteiger partial charge is 0.273 e. The summed E-state index contributed by atoms with van der Waals surface area (Å²) in [7, 11) is 0. The summed E-state index contributed by atoms with van der Waals surface area (Å²) < 4.78 is 0. The van der Waals surface area contributed by atoms with E-state index in [1.165, 1.54) is 23.9 Å². The lowest BCUT2D eigenvalue weighted by Crippen LogP contribution is -2.41. The smallest absolute Gasteiger partial charge is 0.242 e. The highest BCUT2D eigenvalue weighted by Crippen LogP contribution is 2.07. The molecule has 1 rings (SSSR count). The molecule has 0 N–H and O–H groups in total. The Bertz CT molecular complexity index is 222. The summed E-state index contributed by atoms with van der Waals surface area (Å²) in [5.41, 5.74) is 0. The molecule has 1 heterocycles. The molecular formula is C7H10N2O2. The highest BCUT2D eigenvalue weighted by Gasteiger charge is 2.21. The normalized spacial score (nSPS) is 15.8. The first-order valence-corrected chi connectivity index (χ1v) is 3.37. The Morgan fingerprint density at radius 1 is 1.27 bits per heavy atom. The molecule has 0 fully saturated rings. The average Bonchev–Trinajstić information content (AvgIpc) is 2.32. The topological polar surface area (TPSA) is 40.6 Å². The van der Waals surface area contributed by atoms with E-state index in [2.05, 4.69) is 0 Å². The van der Waals surface area contributed by atoms with Gasteiger partial charge in [-0.2, -0.15) is 0 Å². The van der Waals surface area contributed by atoms with Crippen molar-refractivity contribution in [2.45, 2.75) is 13.8 Å². The molecule has 0 aromatic rings. The van der Waals surface area contributed by atoms with E-state index in [0.717, 1.165) is 0 Å². The molecule has 1 aliphatic heterocycles. The summed E-state index contributed by atoms with van der Waals surface area (Å²) >= 11 is 0. The highest BCUT2D eigenvalue weighted by atomic mass is 16.2. The van der Waals surface area contributed by atoms with Crippen molar-refractivity contribution in [1.29, 1.82) is 0 Å². The average molecular weight is 154 g/mol. The molecule has 0 radical (unpaired) electrons. The summed E-state index contributed by atoms with van der Waals surface area (Å²) in [6, 6.07) is 0. The minimum absolute atomic E-state index is 0.120. The van der Waals surface area contributed by atoms with Crippen LogP contribution in [0.5, 0.6) is 0 Å². The predicted octanol–water partition coefficient (Wildman–Crippen LogP) is 0.126. The maximum Gasteiger partial charge on any atom is 0.242 e. The fraction of sp³-hybridized carbons (Fsp3) is 0.429. The van der Waals surface area contributed by atoms with Gasteiger partial charge in [-0.1, -0.05) is 0 Å². The van der Waals surface area contributed by atoms with Gasteiger partial charge in [-0.05, 0) is 6.08 Å². The summed E-state index contributed by atoms with van der Waals surface area (Å²) in [6.45, 7) is 3.35. The molecule has 0 atom stereocenters. The quantitative estimate of drug-likeness (QED) is 0.497. The Hall–Kier alpha value is -1.32. The first-order valence-electron chi connectivity index (χ1n) is 3.37. The van der Waals surface area contributed by atoms with Gasteiger partial charge in [-0.25, -0.2) is 10.0 Å². The van der Waals surface area contributed by atoms with E-state index in [1.54, 1.807) is 12.3 Å². The monoisotopic (exact) mass is 154 g/mol. The van der Waals surface area contributed by atoms with Crippen LogP contribution >= 0.6 is 0 Å². The molecule has 0 aliphatic carbocycles. The first-order chi connectivity index (χ1) is 5.13. The Labute approximate surface area is 65.0 Å². The summed E-state index contributed by atoms with van der Waals surface area (Å²) in [4.78, 5) is 21.7. The van der Waals surface area contributed by atoms with E-state index in [0.29, 0.717) is 6.54 Å². The van der Waals surface area contributed by atoms with Crippen LogP contribution in [0.4, 0.5) is 0 Å². The lowest BCUT2D eigenvalue weighted by atomic mass is 10.6. The van der Waals surface area contributed by atoms with E-state index in [9.17, 15) is 9.59 Å². The number of hydrazine groups is 1. The third-order valence-electron chi connectivity index (χ3n) is 1.47. The Morgan fingerprint density at radius 3 is 2.27 bits per heavy atom. The summed E-state index contributed by atoms with van der Waals surface area (Å²) in [5, 5.41) is 2.69. The molecule has 0 aromatic heterocycles. The van der Waals surface area contributed by atoms with Gasteiger partial charge in [-0.3, -0.25) is 9.59 Å². The highest BCUT2D eigenvalue weighted by molar-refractivity contribution is 5.81. The number of carbonyl (C=O) groups is 2. The van der Waals surface area contributed by atoms with Gasteiger partial charge in [0.1, 0.15) is 0 Å². The van der Waals surface area contributed by atoms with E-state index in [-0.39, 0.29) is 11.8 Å². The number of rotatable bonds is 0. The van der Waals surface area contributed by atoms with Crippen molar-refractivity contribution in [2.75, 3.05) is 6.54 Å². The number of nitrogens with zero attached hydrogens (tertiary/aromatic N) is 2. The van der Waals surface area contributed by atoms with Crippen LogP contribution < -0.4 is 0 Å². The summed E-state index contributed by atoms with van der Waals surface area (Å²) in [5.74, 6) is -0.265. The van der Waals surface area contributed by atoms with Gasteiger partial charge in [-0.15, -0.1) is 0 Å². The van der Waals surface area contributed by atoms with Gasteiger partial charge >= 0.3 is 0 Å². The second kappa shape index (κ2) is 2.74. The number of hydrogen-bond acceptors (Lipinski definition) is 2. The van der Waals surface area contributed by atoms with E-state index in [1.807, 2.05) is 0 Å². The molecule has 60 valence electrons. The van der Waals surface area contributed by atoms with Crippen LogP contribution in [0.3, 0.4) is 0 Å². The lowest BCUT2D eigenvalue weighted by molar-refractivity contribution is -0.152. The zero-order chi connectivity index (χ0) is 8.43. The van der Waals surface area contributed by atoms with Crippen molar-refractivity contribution < 1.29 is 9.59 Å². The lowest BCUT2D eigenvalue weighted by Gasteiger charge is -2.24. The van der Waals surface area contributed by atoms with Gasteiger partial charge in [0, 0.05) is 20.0 Å². The van der Waals surface area contributed by atoms with Crippen molar-refractivity contribution in [3.8, 4) is 0 Å². The van der Waals surface area contributed by atoms with Gasteiger partial charge < -0.3 is 0 Å². The first kappa shape index (κ1) is 7.78. The fourth-order valence-corrected chi connectivity index (χ4v) is 0.970. The molecule has 4 nitrogen and oxygen atoms in total. The van der Waals surface area contributed by atoms with Gasteiger partial charge in [0.2, 0.25) is 11.8 Å². The molecule has 4 heteroatoms. The van der Waals surface area contributed by atoms with Gasteiger partial charge in [0.15, 0.2) is 0 Å². The minimum atomic E-state index is -0.144. The van der Waals surface area contributed by atoms with Crippen LogP contribution in [0.2, 0.25) is 0 Å². The third-order valence-corrected chi connectivity index (χ3v) is 1.47. The third kappa shape index (κ3) is 1.39. The number of carbonyl (C=O) groups excluding carboxylic acids is 2. The van der Waals surface area contributed by atoms with Crippen LogP contribution in [0.1, 0.15) is 13.8 Å². The molecular weight excluding hydrogens is 144 g/mol. The maximum atomic E-state index is 10.9. The van der Waals surface area contributed by atoms with Crippen LogP contribution in [0.15, 0.2) is 12.3 Å². The molecule has 0 aromatic carbocycles. The minimum Gasteiger partial charge on any atom is -0.273 e. The Kier molecular flexibility index (Phi) is 1.94. The Morgan fingerprint density at radius 2 is 1.91 bits per heavy atom. The van der Waals surface area contributed by atoms with Crippen molar-refractivity contribution >= 4 is 11.8 Å². The van der Waals surface area contributed by atoms with Crippen molar-refractivity contribution in [1.82, 2.24) is 10.0 Å². The Balaban J connectivity index is 2.71. The second-order valence-electron chi connectivity index (χ2n) is 2.35. The molecule has 11 heavy (non-hydrogen) atoms. The second-order valence-corrected chi connectivity index (χ2v) is 2.35. The van der Waals surface area contributed by atoms with Gasteiger partial charge in [0.05, 0.1) is 6.54 Å². The fourth-order valence-electron chi connectivity index (χ4n) is 0.970. The van der Waals surface area contributed by atoms with Gasteiger partial charge in [0.25, 0.3) is 0 Å². The van der Waals surface area contributed by atoms with E-state index >= 15 is 0 Å². The van der Waals surface area contributed by atoms with Crippen LogP contribution in [0.25, 0.3) is 0 Å². The molecule has 0 saturated carbocycles. The number of hydrogen-bond donors (Lipinski definition) is 0. The van der Waals surface area contributed by atoms with Crippen LogP contribution in [-0.4, -0.2) is 28.4 Å². The zero-order valence-corrected chi connectivity index (χ0v) is 6.57. The van der Waals surface area contributed by atoms with Crippen LogP contribution in [-0.2, 0) is 9.59 Å². The molecule has 2 amide bonds. The molecule has 0 unspecified atom stereocenters. The SMILES string of the molecule is CC(=O)N1C=CCN1C(C)=O. The summed E-state index contributed by atoms with van der Waals surface area (Å²) in [6.07, 6.45) is 3.37. The standard InChI is InChI=1S/C7H10N2O2/c1-6(10)8-4-3-5-9(8)7(2)11/h3-4H,5H2,1-2H3. The predicted molar refractivity (Wildman–Crippen MR) is 39.0 cm³/mol. The zero-order valence-electron chi connectivity index (χ0n) is 6.57. The van der Waals surface area contributed by atoms with Crippen molar-refractivity contribution in [3.63, 3.8) is 0 Å². The van der Waals surface area contributed by atoms with E-state index in [4.69, 9.17) is 0 Å². The maximum absolute atomic E-state index is 10.9.